The van der Waals surface area contributed by atoms with Gasteiger partial charge in [0, 0.05) is 34.0 Å². The first kappa shape index (κ1) is 55.9. The molecule has 6 amide bonds. The number of nitriles is 1. The van der Waals surface area contributed by atoms with E-state index in [0.717, 1.165) is 70.6 Å². The van der Waals surface area contributed by atoms with Crippen molar-refractivity contribution in [2.24, 2.45) is 23.7 Å². The minimum Gasteiger partial charge on any atom is -0.451 e. The maximum Gasteiger partial charge on any atom is 0.329 e. The van der Waals surface area contributed by atoms with Crippen molar-refractivity contribution in [1.29, 1.82) is 5.26 Å². The lowest BCUT2D eigenvalue weighted by molar-refractivity contribution is -0.163. The van der Waals surface area contributed by atoms with Crippen molar-refractivity contribution in [1.82, 2.24) is 30.7 Å². The molecule has 2 aliphatic rings. The summed E-state index contributed by atoms with van der Waals surface area (Å²) >= 11 is 0. The molecule has 0 aromatic rings. The summed E-state index contributed by atoms with van der Waals surface area (Å²) in [7, 11) is 4.56. The van der Waals surface area contributed by atoms with Gasteiger partial charge in [-0.2, -0.15) is 5.26 Å². The van der Waals surface area contributed by atoms with Gasteiger partial charge in [0.25, 0.3) is 5.91 Å². The van der Waals surface area contributed by atoms with Crippen LogP contribution in [0.25, 0.3) is 0 Å². The summed E-state index contributed by atoms with van der Waals surface area (Å²) in [6.45, 7) is 15.4. The molecule has 1 saturated carbocycles. The van der Waals surface area contributed by atoms with Crippen molar-refractivity contribution in [2.45, 2.75) is 220 Å². The van der Waals surface area contributed by atoms with Crippen LogP contribution in [0, 0.1) is 35.0 Å². The Morgan fingerprint density at radius 2 is 1.12 bits per heavy atom. The third-order valence-electron chi connectivity index (χ3n) is 13.3. The zero-order chi connectivity index (χ0) is 48.1. The molecule has 1 heterocycles. The second kappa shape index (κ2) is 28.6. The Kier molecular flexibility index (Phi) is 25.0. The molecular weight excluding hydrogens is 815 g/mol. The lowest BCUT2D eigenvalue weighted by Crippen LogP contribution is -2.60. The van der Waals surface area contributed by atoms with Crippen molar-refractivity contribution in [3.63, 3.8) is 0 Å². The quantitative estimate of drug-likeness (QED) is 0.130. The average Bonchev–Trinajstić information content (AvgIpc) is 3.27. The Morgan fingerprint density at radius 3 is 1.64 bits per heavy atom. The van der Waals surface area contributed by atoms with Crippen LogP contribution in [0.2, 0.25) is 0 Å². The molecule has 2 fully saturated rings. The maximum absolute atomic E-state index is 14.7. The maximum atomic E-state index is 14.7. The molecule has 15 nitrogen and oxygen atoms in total. The van der Waals surface area contributed by atoms with Crippen molar-refractivity contribution < 1.29 is 38.3 Å². The van der Waals surface area contributed by atoms with E-state index >= 15 is 0 Å². The number of cyclic esters (lactones) is 1. The van der Waals surface area contributed by atoms with Gasteiger partial charge in [-0.05, 0) is 62.7 Å². The highest BCUT2D eigenvalue weighted by Crippen LogP contribution is 2.29. The number of esters is 1. The number of carbonyl (C=O) groups excluding carboxylic acids is 7. The molecule has 9 atom stereocenters. The number of nitrogens with one attached hydrogen (secondary N) is 3. The number of ether oxygens (including phenoxy) is 1. The molecule has 0 radical (unpaired) electrons. The highest BCUT2D eigenvalue weighted by atomic mass is 16.5. The summed E-state index contributed by atoms with van der Waals surface area (Å²) in [5.74, 6) is -4.04. The van der Waals surface area contributed by atoms with Gasteiger partial charge in [-0.25, -0.2) is 4.79 Å². The fraction of sp³-hybridized carbons (Fsp3) is 0.837. The van der Waals surface area contributed by atoms with Crippen LogP contribution in [0.4, 0.5) is 0 Å². The number of rotatable bonds is 18. The van der Waals surface area contributed by atoms with Gasteiger partial charge < -0.3 is 35.4 Å². The Bertz CT molecular complexity index is 1560. The number of amides is 6. The summed E-state index contributed by atoms with van der Waals surface area (Å²) in [5.41, 5.74) is 0. The normalized spacial score (nSPS) is 26.7. The molecule has 0 aromatic carbocycles. The monoisotopic (exact) mass is 900 g/mol. The molecule has 364 valence electrons. The Labute approximate surface area is 385 Å². The third kappa shape index (κ3) is 17.6. The summed E-state index contributed by atoms with van der Waals surface area (Å²) in [6, 6.07) is -4.35. The van der Waals surface area contributed by atoms with Gasteiger partial charge in [0.05, 0.1) is 6.07 Å². The van der Waals surface area contributed by atoms with Gasteiger partial charge in [0.2, 0.25) is 29.5 Å². The van der Waals surface area contributed by atoms with Gasteiger partial charge in [-0.1, -0.05) is 126 Å². The fourth-order valence-electron chi connectivity index (χ4n) is 9.07. The predicted molar refractivity (Wildman–Crippen MR) is 248 cm³/mol. The lowest BCUT2D eigenvalue weighted by atomic mass is 9.84. The van der Waals surface area contributed by atoms with Crippen LogP contribution < -0.4 is 16.0 Å². The van der Waals surface area contributed by atoms with Gasteiger partial charge in [0.15, 0.2) is 6.10 Å². The number of hydrogen-bond donors (Lipinski definition) is 3. The van der Waals surface area contributed by atoms with E-state index in [0.29, 0.717) is 12.8 Å². The van der Waals surface area contributed by atoms with E-state index < -0.39 is 83.8 Å². The van der Waals surface area contributed by atoms with Crippen molar-refractivity contribution in [2.75, 3.05) is 21.1 Å². The average molecular weight is 900 g/mol. The smallest absolute Gasteiger partial charge is 0.329 e. The van der Waals surface area contributed by atoms with Gasteiger partial charge in [-0.15, -0.1) is 0 Å². The molecule has 15 heteroatoms. The molecule has 1 aliphatic heterocycles. The van der Waals surface area contributed by atoms with E-state index in [9.17, 15) is 38.8 Å². The molecule has 0 unspecified atom stereocenters. The number of carbonyl (C=O) groups is 7. The van der Waals surface area contributed by atoms with Crippen molar-refractivity contribution in [3.05, 3.63) is 0 Å². The van der Waals surface area contributed by atoms with E-state index in [4.69, 9.17) is 4.74 Å². The van der Waals surface area contributed by atoms with E-state index in [1.807, 2.05) is 40.7 Å². The predicted octanol–water partition coefficient (Wildman–Crippen LogP) is 6.42. The van der Waals surface area contributed by atoms with Crippen LogP contribution in [0.3, 0.4) is 0 Å². The second-order valence-corrected chi connectivity index (χ2v) is 19.5. The van der Waals surface area contributed by atoms with Crippen molar-refractivity contribution >= 4 is 41.4 Å². The Balaban J connectivity index is 2.84. The van der Waals surface area contributed by atoms with Crippen LogP contribution in [-0.4, -0.2) is 120 Å². The van der Waals surface area contributed by atoms with E-state index in [1.54, 1.807) is 7.05 Å². The minimum absolute atomic E-state index is 0.00754. The molecule has 0 spiro atoms. The molecule has 1 saturated heterocycles. The Hall–Kier alpha value is -4.22. The molecular formula is C49H85N7O8. The molecule has 3 N–H and O–H groups in total. The van der Waals surface area contributed by atoms with Crippen LogP contribution in [-0.2, 0) is 38.3 Å². The molecule has 0 bridgehead atoms. The minimum atomic E-state index is -1.46. The van der Waals surface area contributed by atoms with Crippen LogP contribution in [0.1, 0.15) is 177 Å². The van der Waals surface area contributed by atoms with E-state index in [1.165, 1.54) is 35.7 Å². The first-order chi connectivity index (χ1) is 30.3. The van der Waals surface area contributed by atoms with Crippen molar-refractivity contribution in [3.8, 4) is 6.07 Å². The molecule has 64 heavy (non-hydrogen) atoms. The number of nitrogens with zero attached hydrogens (tertiary/aromatic N) is 4. The third-order valence-corrected chi connectivity index (χ3v) is 13.3. The molecule has 0 aromatic heterocycles. The van der Waals surface area contributed by atoms with E-state index in [-0.39, 0.29) is 62.2 Å². The summed E-state index contributed by atoms with van der Waals surface area (Å²) in [6.07, 6.45) is 10.5. The summed E-state index contributed by atoms with van der Waals surface area (Å²) in [4.78, 5) is 105. The standard InChI is InChI=1S/C49H85N7O8/c1-12-15-22-33(6)29-38-47(61)54(9)35(8)49(63)64-42(26-20-27-50)45(59)53-39(30-34(7)23-16-13-2)48(62)55(10)40(28-32(4)5)43(57)51-37(21-14-3)46(60)56(11)41(44(58)52-38)31-36-24-18-17-19-25-36/h32-42H,12-26,28-31H2,1-11H3,(H,51,57)(H,52,58)(H,53,59)/t33-,34-,35+,37+,38+,39+,40+,41+,42-/m1/s1. The number of hydrogen-bond acceptors (Lipinski definition) is 9. The lowest BCUT2D eigenvalue weighted by Gasteiger charge is -2.36. The highest BCUT2D eigenvalue weighted by Gasteiger charge is 2.41. The van der Waals surface area contributed by atoms with Crippen LogP contribution in [0.5, 0.6) is 0 Å². The summed E-state index contributed by atoms with van der Waals surface area (Å²) < 4.78 is 5.80. The number of likely N-dealkylation sites (N-methyl/N-ethyl adjacent to an activating group) is 3. The fourth-order valence-corrected chi connectivity index (χ4v) is 9.07. The second-order valence-electron chi connectivity index (χ2n) is 19.5. The summed E-state index contributed by atoms with van der Waals surface area (Å²) in [5, 5.41) is 18.4. The highest BCUT2D eigenvalue weighted by molar-refractivity contribution is 5.97. The van der Waals surface area contributed by atoms with Gasteiger partial charge >= 0.3 is 5.97 Å². The SMILES string of the molecule is CCCC[C@@H](C)C[C@@H]1NC(=O)[C@H](CC2CCCCC2)N(C)C(=O)[C@H](CCC)NC(=O)[C@H](CC(C)C)N(C)C(=O)[C@H](C[C@H](C)CCCC)NC(=O)[C@@H](CCC#N)OC(=O)[C@H](C)N(C)C1=O. The molecule has 1 aliphatic carbocycles. The van der Waals surface area contributed by atoms with E-state index in [2.05, 4.69) is 29.8 Å². The first-order valence-corrected chi connectivity index (χ1v) is 24.6. The first-order valence-electron chi connectivity index (χ1n) is 24.6. The number of unbranched alkanes of at least 4 members (excludes halogenated alkanes) is 2. The zero-order valence-electron chi connectivity index (χ0n) is 41.3. The topological polar surface area (TPSA) is 198 Å². The molecule has 2 rings (SSSR count). The largest absolute Gasteiger partial charge is 0.451 e. The van der Waals surface area contributed by atoms with Crippen LogP contribution in [0.15, 0.2) is 0 Å². The van der Waals surface area contributed by atoms with Gasteiger partial charge in [-0.3, -0.25) is 28.8 Å². The van der Waals surface area contributed by atoms with Crippen LogP contribution >= 0.6 is 0 Å². The zero-order valence-corrected chi connectivity index (χ0v) is 41.3. The van der Waals surface area contributed by atoms with Gasteiger partial charge in [0.1, 0.15) is 36.3 Å². The Morgan fingerprint density at radius 1 is 0.641 bits per heavy atom.